The lowest BCUT2D eigenvalue weighted by Crippen LogP contribution is -2.40. The second-order valence-electron chi connectivity index (χ2n) is 6.25. The second kappa shape index (κ2) is 6.86. The van der Waals surface area contributed by atoms with Crippen LogP contribution in [0.25, 0.3) is 5.78 Å². The Morgan fingerprint density at radius 1 is 1.30 bits per heavy atom. The van der Waals surface area contributed by atoms with E-state index in [9.17, 15) is 4.79 Å². The van der Waals surface area contributed by atoms with Crippen LogP contribution in [0.4, 0.5) is 0 Å². The van der Waals surface area contributed by atoms with Gasteiger partial charge in [0, 0.05) is 17.4 Å². The monoisotopic (exact) mass is 333 g/mol. The van der Waals surface area contributed by atoms with Gasteiger partial charge in [-0.05, 0) is 39.7 Å². The molecule has 1 amide bonds. The summed E-state index contributed by atoms with van der Waals surface area (Å²) in [6.07, 6.45) is 5.90. The van der Waals surface area contributed by atoms with Gasteiger partial charge in [0.15, 0.2) is 0 Å². The third kappa shape index (κ3) is 3.83. The van der Waals surface area contributed by atoms with E-state index in [1.165, 1.54) is 31.0 Å². The molecule has 0 aromatic carbocycles. The van der Waals surface area contributed by atoms with E-state index in [2.05, 4.69) is 20.4 Å². The Balaban J connectivity index is 1.66. The SMILES string of the molecule is Cc1cc(C)n2nc(SC(C)C(=O)NC3CCCCC3)nc2n1. The van der Waals surface area contributed by atoms with Gasteiger partial charge >= 0.3 is 0 Å². The molecule has 2 aromatic heterocycles. The van der Waals surface area contributed by atoms with Crippen LogP contribution >= 0.6 is 11.8 Å². The van der Waals surface area contributed by atoms with Gasteiger partial charge in [0.1, 0.15) is 0 Å². The first-order chi connectivity index (χ1) is 11.0. The smallest absolute Gasteiger partial charge is 0.253 e. The predicted molar refractivity (Wildman–Crippen MR) is 90.6 cm³/mol. The van der Waals surface area contributed by atoms with Crippen LogP contribution in [0.15, 0.2) is 11.2 Å². The lowest BCUT2D eigenvalue weighted by molar-refractivity contribution is -0.121. The van der Waals surface area contributed by atoms with Gasteiger partial charge in [0.25, 0.3) is 5.78 Å². The molecule has 1 aliphatic carbocycles. The van der Waals surface area contributed by atoms with Crippen molar-refractivity contribution in [2.24, 2.45) is 0 Å². The molecule has 0 spiro atoms. The first-order valence-corrected chi connectivity index (χ1v) is 9.09. The van der Waals surface area contributed by atoms with Crippen molar-refractivity contribution in [3.05, 3.63) is 17.5 Å². The molecule has 2 heterocycles. The van der Waals surface area contributed by atoms with E-state index in [1.807, 2.05) is 26.8 Å². The molecule has 1 saturated carbocycles. The van der Waals surface area contributed by atoms with Crippen molar-refractivity contribution in [2.45, 2.75) is 69.3 Å². The highest BCUT2D eigenvalue weighted by atomic mass is 32.2. The van der Waals surface area contributed by atoms with Gasteiger partial charge in [-0.25, -0.2) is 9.50 Å². The standard InChI is InChI=1S/C16H23N5OS/c1-10-9-11(2)21-15(17-10)19-16(20-21)23-12(3)14(22)18-13-7-5-4-6-8-13/h9,12-13H,4-8H2,1-3H3,(H,18,22). The molecule has 1 N–H and O–H groups in total. The van der Waals surface area contributed by atoms with Gasteiger partial charge in [0.2, 0.25) is 11.1 Å². The lowest BCUT2D eigenvalue weighted by Gasteiger charge is -2.24. The van der Waals surface area contributed by atoms with Crippen molar-refractivity contribution in [3.8, 4) is 0 Å². The van der Waals surface area contributed by atoms with E-state index in [0.29, 0.717) is 17.0 Å². The van der Waals surface area contributed by atoms with E-state index in [0.717, 1.165) is 24.2 Å². The Kier molecular flexibility index (Phi) is 4.84. The third-order valence-electron chi connectivity index (χ3n) is 4.20. The van der Waals surface area contributed by atoms with Crippen molar-refractivity contribution in [3.63, 3.8) is 0 Å². The maximum atomic E-state index is 12.3. The Morgan fingerprint density at radius 2 is 2.04 bits per heavy atom. The van der Waals surface area contributed by atoms with Gasteiger partial charge in [0.05, 0.1) is 5.25 Å². The molecule has 7 heteroatoms. The predicted octanol–water partition coefficient (Wildman–Crippen LogP) is 2.67. The highest BCUT2D eigenvalue weighted by Gasteiger charge is 2.22. The average Bonchev–Trinajstić information content (AvgIpc) is 2.91. The molecule has 124 valence electrons. The van der Waals surface area contributed by atoms with E-state index in [4.69, 9.17) is 0 Å². The molecule has 1 aliphatic rings. The number of rotatable bonds is 4. The first-order valence-electron chi connectivity index (χ1n) is 8.21. The van der Waals surface area contributed by atoms with Crippen LogP contribution in [0.5, 0.6) is 0 Å². The summed E-state index contributed by atoms with van der Waals surface area (Å²) in [6.45, 7) is 5.82. The maximum Gasteiger partial charge on any atom is 0.253 e. The number of nitrogens with one attached hydrogen (secondary N) is 1. The van der Waals surface area contributed by atoms with Crippen molar-refractivity contribution >= 4 is 23.4 Å². The number of fused-ring (bicyclic) bond motifs is 1. The van der Waals surface area contributed by atoms with E-state index >= 15 is 0 Å². The minimum Gasteiger partial charge on any atom is -0.352 e. The Hall–Kier alpha value is -1.63. The van der Waals surface area contributed by atoms with E-state index in [1.54, 1.807) is 4.52 Å². The van der Waals surface area contributed by atoms with Crippen LogP contribution in [0, 0.1) is 13.8 Å². The zero-order valence-electron chi connectivity index (χ0n) is 13.9. The zero-order chi connectivity index (χ0) is 16.4. The Bertz CT molecular complexity index is 708. The number of amides is 1. The molecular formula is C16H23N5OS. The topological polar surface area (TPSA) is 72.2 Å². The second-order valence-corrected chi connectivity index (χ2v) is 7.56. The summed E-state index contributed by atoms with van der Waals surface area (Å²) < 4.78 is 1.72. The number of carbonyl (C=O) groups is 1. The third-order valence-corrected chi connectivity index (χ3v) is 5.15. The summed E-state index contributed by atoms with van der Waals surface area (Å²) in [5, 5.41) is 7.99. The minimum absolute atomic E-state index is 0.0709. The van der Waals surface area contributed by atoms with Crippen LogP contribution in [-0.4, -0.2) is 36.8 Å². The zero-order valence-corrected chi connectivity index (χ0v) is 14.7. The fraction of sp³-hybridized carbons (Fsp3) is 0.625. The molecule has 2 aromatic rings. The minimum atomic E-state index is -0.212. The highest BCUT2D eigenvalue weighted by Crippen LogP contribution is 2.22. The fourth-order valence-electron chi connectivity index (χ4n) is 2.97. The van der Waals surface area contributed by atoms with E-state index < -0.39 is 0 Å². The van der Waals surface area contributed by atoms with Gasteiger partial charge < -0.3 is 5.32 Å². The summed E-state index contributed by atoms with van der Waals surface area (Å²) in [6, 6.07) is 2.30. The van der Waals surface area contributed by atoms with Crippen molar-refractivity contribution in [1.82, 2.24) is 24.9 Å². The van der Waals surface area contributed by atoms with Crippen LogP contribution in [0.1, 0.15) is 50.4 Å². The Morgan fingerprint density at radius 3 is 2.78 bits per heavy atom. The molecule has 1 atom stereocenters. The molecule has 3 rings (SSSR count). The fourth-order valence-corrected chi connectivity index (χ4v) is 3.73. The molecule has 1 fully saturated rings. The summed E-state index contributed by atoms with van der Waals surface area (Å²) in [5.74, 6) is 0.659. The molecule has 0 saturated heterocycles. The number of aryl methyl sites for hydroxylation is 2. The summed E-state index contributed by atoms with van der Waals surface area (Å²) in [7, 11) is 0. The summed E-state index contributed by atoms with van der Waals surface area (Å²) in [4.78, 5) is 21.1. The quantitative estimate of drug-likeness (QED) is 0.871. The molecule has 6 nitrogen and oxygen atoms in total. The van der Waals surface area contributed by atoms with E-state index in [-0.39, 0.29) is 11.2 Å². The lowest BCUT2D eigenvalue weighted by atomic mass is 9.95. The number of thioether (sulfide) groups is 1. The molecule has 0 aliphatic heterocycles. The summed E-state index contributed by atoms with van der Waals surface area (Å²) in [5.41, 5.74) is 1.91. The molecular weight excluding hydrogens is 310 g/mol. The molecule has 23 heavy (non-hydrogen) atoms. The highest BCUT2D eigenvalue weighted by molar-refractivity contribution is 8.00. The summed E-state index contributed by atoms with van der Waals surface area (Å²) >= 11 is 1.39. The van der Waals surface area contributed by atoms with Crippen LogP contribution < -0.4 is 5.32 Å². The van der Waals surface area contributed by atoms with Gasteiger partial charge in [-0.3, -0.25) is 4.79 Å². The van der Waals surface area contributed by atoms with Gasteiger partial charge in [-0.1, -0.05) is 31.0 Å². The number of carbonyl (C=O) groups excluding carboxylic acids is 1. The van der Waals surface area contributed by atoms with Gasteiger partial charge in [-0.15, -0.1) is 5.10 Å². The van der Waals surface area contributed by atoms with Crippen LogP contribution in [-0.2, 0) is 4.79 Å². The molecule has 0 bridgehead atoms. The first kappa shape index (κ1) is 16.2. The van der Waals surface area contributed by atoms with Crippen LogP contribution in [0.3, 0.4) is 0 Å². The number of hydrogen-bond donors (Lipinski definition) is 1. The molecule has 1 unspecified atom stereocenters. The normalized spacial score (nSPS) is 17.3. The maximum absolute atomic E-state index is 12.3. The largest absolute Gasteiger partial charge is 0.352 e. The molecule has 0 radical (unpaired) electrons. The average molecular weight is 333 g/mol. The van der Waals surface area contributed by atoms with Crippen LogP contribution in [0.2, 0.25) is 0 Å². The van der Waals surface area contributed by atoms with Crippen molar-refractivity contribution < 1.29 is 4.79 Å². The van der Waals surface area contributed by atoms with Crippen molar-refractivity contribution in [2.75, 3.05) is 0 Å². The number of hydrogen-bond acceptors (Lipinski definition) is 5. The van der Waals surface area contributed by atoms with Crippen molar-refractivity contribution in [1.29, 1.82) is 0 Å². The number of aromatic nitrogens is 4. The number of nitrogens with zero attached hydrogens (tertiary/aromatic N) is 4. The Labute approximate surface area is 140 Å². The van der Waals surface area contributed by atoms with Gasteiger partial charge in [-0.2, -0.15) is 4.98 Å².